The van der Waals surface area contributed by atoms with Crippen molar-refractivity contribution in [3.63, 3.8) is 0 Å². The second kappa shape index (κ2) is 4.09. The van der Waals surface area contributed by atoms with E-state index in [1.54, 1.807) is 0 Å². The van der Waals surface area contributed by atoms with Crippen molar-refractivity contribution in [2.75, 3.05) is 13.1 Å². The molecule has 78 valence electrons. The Kier molecular flexibility index (Phi) is 2.82. The number of piperidine rings is 1. The molecule has 0 saturated carbocycles. The van der Waals surface area contributed by atoms with Crippen molar-refractivity contribution < 1.29 is 0 Å². The lowest BCUT2D eigenvalue weighted by Gasteiger charge is -2.21. The van der Waals surface area contributed by atoms with Gasteiger partial charge in [0.2, 0.25) is 0 Å². The molecule has 0 bridgehead atoms. The average molecular weight is 194 g/mol. The maximum Gasteiger partial charge on any atom is 0.0891 e. The molecule has 1 fully saturated rings. The molecule has 0 amide bonds. The van der Waals surface area contributed by atoms with Crippen LogP contribution in [-0.4, -0.2) is 28.5 Å². The van der Waals surface area contributed by atoms with E-state index in [0.29, 0.717) is 11.8 Å². The first-order valence-electron chi connectivity index (χ1n) is 5.40. The largest absolute Gasteiger partial charge is 0.317 e. The van der Waals surface area contributed by atoms with Crippen LogP contribution in [0.3, 0.4) is 0 Å². The van der Waals surface area contributed by atoms with Gasteiger partial charge in [-0.2, -0.15) is 15.4 Å². The summed E-state index contributed by atoms with van der Waals surface area (Å²) in [6, 6.07) is 0. The second-order valence-corrected chi connectivity index (χ2v) is 4.27. The minimum Gasteiger partial charge on any atom is -0.317 e. The third-order valence-corrected chi connectivity index (χ3v) is 2.88. The molecule has 14 heavy (non-hydrogen) atoms. The number of nitrogens with one attached hydrogen (secondary N) is 2. The fraction of sp³-hybridized carbons (Fsp3) is 0.800. The first-order valence-corrected chi connectivity index (χ1v) is 5.40. The molecule has 0 spiro atoms. The first-order chi connectivity index (χ1) is 6.79. The van der Waals surface area contributed by atoms with E-state index in [0.717, 1.165) is 18.8 Å². The molecule has 4 nitrogen and oxygen atoms in total. The molecule has 2 heterocycles. The molecule has 1 aromatic rings. The third-order valence-electron chi connectivity index (χ3n) is 2.88. The quantitative estimate of drug-likeness (QED) is 0.748. The van der Waals surface area contributed by atoms with E-state index >= 15 is 0 Å². The molecule has 0 aliphatic carbocycles. The summed E-state index contributed by atoms with van der Waals surface area (Å²) >= 11 is 0. The summed E-state index contributed by atoms with van der Waals surface area (Å²) in [7, 11) is 0. The number of hydrogen-bond donors (Lipinski definition) is 2. The molecule has 4 heteroatoms. The standard InChI is InChI=1S/C10H18N4/c1-7(2)9-10(13-14-12-9)8-3-5-11-6-4-8/h7-8,11H,3-6H2,1-2H3,(H,12,13,14). The number of rotatable bonds is 2. The smallest absolute Gasteiger partial charge is 0.0891 e. The molecule has 0 radical (unpaired) electrons. The Balaban J connectivity index is 2.17. The van der Waals surface area contributed by atoms with Crippen molar-refractivity contribution in [2.24, 2.45) is 0 Å². The highest BCUT2D eigenvalue weighted by Crippen LogP contribution is 2.28. The van der Waals surface area contributed by atoms with Gasteiger partial charge in [0.05, 0.1) is 11.4 Å². The molecule has 1 aromatic heterocycles. The SMILES string of the molecule is CC(C)c1n[nH]nc1C1CCNCC1. The van der Waals surface area contributed by atoms with Crippen LogP contribution in [0.4, 0.5) is 0 Å². The molecule has 1 aliphatic heterocycles. The van der Waals surface area contributed by atoms with Crippen LogP contribution in [0.25, 0.3) is 0 Å². The summed E-state index contributed by atoms with van der Waals surface area (Å²) in [5, 5.41) is 14.7. The molecule has 2 rings (SSSR count). The van der Waals surface area contributed by atoms with Crippen molar-refractivity contribution in [1.29, 1.82) is 0 Å². The highest BCUT2D eigenvalue weighted by molar-refractivity contribution is 5.18. The highest BCUT2D eigenvalue weighted by Gasteiger charge is 2.22. The zero-order chi connectivity index (χ0) is 9.97. The first kappa shape index (κ1) is 9.65. The van der Waals surface area contributed by atoms with Gasteiger partial charge in [-0.3, -0.25) is 0 Å². The van der Waals surface area contributed by atoms with Gasteiger partial charge in [0.25, 0.3) is 0 Å². The van der Waals surface area contributed by atoms with Gasteiger partial charge in [0.1, 0.15) is 0 Å². The van der Waals surface area contributed by atoms with Gasteiger partial charge < -0.3 is 5.32 Å². The van der Waals surface area contributed by atoms with Crippen LogP contribution in [0.5, 0.6) is 0 Å². The molecule has 0 atom stereocenters. The minimum atomic E-state index is 0.471. The van der Waals surface area contributed by atoms with Gasteiger partial charge >= 0.3 is 0 Å². The van der Waals surface area contributed by atoms with E-state index in [-0.39, 0.29) is 0 Å². The number of nitrogens with zero attached hydrogens (tertiary/aromatic N) is 2. The van der Waals surface area contributed by atoms with Crippen LogP contribution < -0.4 is 5.32 Å². The number of hydrogen-bond acceptors (Lipinski definition) is 3. The van der Waals surface area contributed by atoms with Crippen molar-refractivity contribution >= 4 is 0 Å². The summed E-state index contributed by atoms with van der Waals surface area (Å²) < 4.78 is 0. The van der Waals surface area contributed by atoms with E-state index in [1.165, 1.54) is 18.5 Å². The van der Waals surface area contributed by atoms with Gasteiger partial charge in [-0.1, -0.05) is 13.8 Å². The van der Waals surface area contributed by atoms with Gasteiger partial charge in [0.15, 0.2) is 0 Å². The Labute approximate surface area is 84.5 Å². The monoisotopic (exact) mass is 194 g/mol. The normalized spacial score (nSPS) is 19.1. The van der Waals surface area contributed by atoms with Crippen LogP contribution in [0, 0.1) is 0 Å². The van der Waals surface area contributed by atoms with Gasteiger partial charge in [-0.15, -0.1) is 0 Å². The Morgan fingerprint density at radius 3 is 2.57 bits per heavy atom. The highest BCUT2D eigenvalue weighted by atomic mass is 15.3. The van der Waals surface area contributed by atoms with Crippen LogP contribution in [0.2, 0.25) is 0 Å². The molecular formula is C10H18N4. The lowest BCUT2D eigenvalue weighted by molar-refractivity contribution is 0.449. The predicted molar refractivity (Wildman–Crippen MR) is 55.3 cm³/mol. The van der Waals surface area contributed by atoms with Crippen molar-refractivity contribution in [1.82, 2.24) is 20.7 Å². The number of aromatic nitrogens is 3. The van der Waals surface area contributed by atoms with Crippen LogP contribution in [0.15, 0.2) is 0 Å². The van der Waals surface area contributed by atoms with Crippen molar-refractivity contribution in [3.05, 3.63) is 11.4 Å². The molecule has 0 unspecified atom stereocenters. The van der Waals surface area contributed by atoms with Gasteiger partial charge in [-0.05, 0) is 31.8 Å². The maximum absolute atomic E-state index is 4.30. The van der Waals surface area contributed by atoms with Crippen molar-refractivity contribution in [2.45, 2.75) is 38.5 Å². The summed E-state index contributed by atoms with van der Waals surface area (Å²) in [6.45, 7) is 6.55. The second-order valence-electron chi connectivity index (χ2n) is 4.27. The Hall–Kier alpha value is -0.900. The van der Waals surface area contributed by atoms with E-state index in [2.05, 4.69) is 34.6 Å². The fourth-order valence-corrected chi connectivity index (χ4v) is 2.07. The van der Waals surface area contributed by atoms with Gasteiger partial charge in [0, 0.05) is 5.92 Å². The van der Waals surface area contributed by atoms with Gasteiger partial charge in [-0.25, -0.2) is 0 Å². The molecule has 1 aliphatic rings. The summed E-state index contributed by atoms with van der Waals surface area (Å²) in [5.41, 5.74) is 2.35. The molecule has 1 saturated heterocycles. The maximum atomic E-state index is 4.30. The zero-order valence-corrected chi connectivity index (χ0v) is 8.88. The summed E-state index contributed by atoms with van der Waals surface area (Å²) in [6.07, 6.45) is 2.37. The fourth-order valence-electron chi connectivity index (χ4n) is 2.07. The number of H-pyrrole nitrogens is 1. The van der Waals surface area contributed by atoms with E-state index in [1.807, 2.05) is 0 Å². The van der Waals surface area contributed by atoms with Crippen molar-refractivity contribution in [3.8, 4) is 0 Å². The molecule has 0 aromatic carbocycles. The van der Waals surface area contributed by atoms with E-state index in [9.17, 15) is 0 Å². The lowest BCUT2D eigenvalue weighted by atomic mass is 9.91. The third kappa shape index (κ3) is 1.80. The Morgan fingerprint density at radius 2 is 1.93 bits per heavy atom. The summed E-state index contributed by atoms with van der Waals surface area (Å²) in [5.74, 6) is 1.08. The molecule has 2 N–H and O–H groups in total. The van der Waals surface area contributed by atoms with E-state index in [4.69, 9.17) is 0 Å². The average Bonchev–Trinajstić information content (AvgIpc) is 2.67. The Morgan fingerprint density at radius 1 is 1.21 bits per heavy atom. The number of aromatic amines is 1. The summed E-state index contributed by atoms with van der Waals surface area (Å²) in [4.78, 5) is 0. The van der Waals surface area contributed by atoms with Crippen LogP contribution >= 0.6 is 0 Å². The van der Waals surface area contributed by atoms with E-state index < -0.39 is 0 Å². The minimum absolute atomic E-state index is 0.471. The van der Waals surface area contributed by atoms with Crippen LogP contribution in [-0.2, 0) is 0 Å². The predicted octanol–water partition coefficient (Wildman–Crippen LogP) is 1.40. The van der Waals surface area contributed by atoms with Crippen LogP contribution in [0.1, 0.15) is 49.9 Å². The topological polar surface area (TPSA) is 53.6 Å². The lowest BCUT2D eigenvalue weighted by Crippen LogP contribution is -2.27. The zero-order valence-electron chi connectivity index (χ0n) is 8.88. The Bertz CT molecular complexity index is 286. The molecular weight excluding hydrogens is 176 g/mol.